The molecule has 1 aliphatic rings. The van der Waals surface area contributed by atoms with E-state index in [0.29, 0.717) is 31.1 Å². The van der Waals surface area contributed by atoms with Gasteiger partial charge in [0, 0.05) is 32.8 Å². The molecule has 0 radical (unpaired) electrons. The summed E-state index contributed by atoms with van der Waals surface area (Å²) in [5.41, 5.74) is 0.478. The van der Waals surface area contributed by atoms with Crippen LogP contribution in [0.1, 0.15) is 36.2 Å². The second-order valence-electron chi connectivity index (χ2n) is 5.04. The molecule has 1 aromatic heterocycles. The molecule has 0 unspecified atom stereocenters. The van der Waals surface area contributed by atoms with Gasteiger partial charge < -0.3 is 10.0 Å². The van der Waals surface area contributed by atoms with Crippen molar-refractivity contribution in [2.45, 2.75) is 25.7 Å². The van der Waals surface area contributed by atoms with Crippen LogP contribution < -0.4 is 0 Å². The van der Waals surface area contributed by atoms with Crippen molar-refractivity contribution in [3.63, 3.8) is 0 Å². The first-order valence-corrected chi connectivity index (χ1v) is 6.57. The van der Waals surface area contributed by atoms with Crippen molar-refractivity contribution in [2.24, 2.45) is 13.0 Å². The first-order chi connectivity index (χ1) is 9.06. The van der Waals surface area contributed by atoms with E-state index < -0.39 is 5.97 Å². The van der Waals surface area contributed by atoms with Crippen LogP contribution in [-0.2, 0) is 11.8 Å². The van der Waals surface area contributed by atoms with E-state index in [9.17, 15) is 9.59 Å². The minimum Gasteiger partial charge on any atom is -0.481 e. The Kier molecular flexibility index (Phi) is 4.19. The fourth-order valence-corrected chi connectivity index (χ4v) is 2.44. The predicted molar refractivity (Wildman–Crippen MR) is 68.7 cm³/mol. The second-order valence-corrected chi connectivity index (χ2v) is 5.04. The van der Waals surface area contributed by atoms with Gasteiger partial charge in [0.2, 0.25) is 0 Å². The summed E-state index contributed by atoms with van der Waals surface area (Å²) < 4.78 is 1.62. The van der Waals surface area contributed by atoms with E-state index in [-0.39, 0.29) is 12.3 Å². The number of nitrogens with zero attached hydrogens (tertiary/aromatic N) is 3. The Morgan fingerprint density at radius 2 is 2.11 bits per heavy atom. The Hall–Kier alpha value is -1.85. The topological polar surface area (TPSA) is 75.4 Å². The smallest absolute Gasteiger partial charge is 0.303 e. The molecule has 1 amide bonds. The number of amides is 1. The van der Waals surface area contributed by atoms with E-state index in [1.807, 2.05) is 0 Å². The number of hydrogen-bond acceptors (Lipinski definition) is 3. The standard InChI is InChI=1S/C13H19N3O3/c1-15-7-6-11(14-15)13(19)16-8-4-10(5-9-16)2-3-12(17)18/h6-7,10H,2-5,8-9H2,1H3,(H,17,18). The molecular formula is C13H19N3O3. The summed E-state index contributed by atoms with van der Waals surface area (Å²) in [4.78, 5) is 24.5. The van der Waals surface area contributed by atoms with Gasteiger partial charge in [0.15, 0.2) is 0 Å². The van der Waals surface area contributed by atoms with Crippen molar-refractivity contribution in [3.05, 3.63) is 18.0 Å². The van der Waals surface area contributed by atoms with Crippen LogP contribution in [0.15, 0.2) is 12.3 Å². The maximum absolute atomic E-state index is 12.1. The lowest BCUT2D eigenvalue weighted by atomic mass is 9.92. The number of likely N-dealkylation sites (tertiary alicyclic amines) is 1. The number of carboxylic acids is 1. The zero-order valence-electron chi connectivity index (χ0n) is 11.1. The van der Waals surface area contributed by atoms with Crippen molar-refractivity contribution in [2.75, 3.05) is 13.1 Å². The summed E-state index contributed by atoms with van der Waals surface area (Å²) in [7, 11) is 1.79. The highest BCUT2D eigenvalue weighted by Gasteiger charge is 2.24. The Morgan fingerprint density at radius 3 is 2.63 bits per heavy atom. The van der Waals surface area contributed by atoms with Gasteiger partial charge in [-0.15, -0.1) is 0 Å². The fraction of sp³-hybridized carbons (Fsp3) is 0.615. The zero-order valence-corrected chi connectivity index (χ0v) is 11.1. The molecule has 1 fully saturated rings. The lowest BCUT2D eigenvalue weighted by Crippen LogP contribution is -2.38. The van der Waals surface area contributed by atoms with E-state index in [0.717, 1.165) is 12.8 Å². The van der Waals surface area contributed by atoms with Crippen LogP contribution in [0, 0.1) is 5.92 Å². The molecule has 0 bridgehead atoms. The quantitative estimate of drug-likeness (QED) is 0.885. The number of aliphatic carboxylic acids is 1. The van der Waals surface area contributed by atoms with Gasteiger partial charge in [-0.3, -0.25) is 14.3 Å². The molecule has 0 aliphatic carbocycles. The van der Waals surface area contributed by atoms with Crippen molar-refractivity contribution >= 4 is 11.9 Å². The minimum atomic E-state index is -0.744. The molecule has 0 atom stereocenters. The predicted octanol–water partition coefficient (Wildman–Crippen LogP) is 1.14. The molecular weight excluding hydrogens is 246 g/mol. The van der Waals surface area contributed by atoms with E-state index in [4.69, 9.17) is 5.11 Å². The van der Waals surface area contributed by atoms with Crippen LogP contribution in [0.3, 0.4) is 0 Å². The molecule has 1 aliphatic heterocycles. The fourth-order valence-electron chi connectivity index (χ4n) is 2.44. The molecule has 1 N–H and O–H groups in total. The Morgan fingerprint density at radius 1 is 1.42 bits per heavy atom. The highest BCUT2D eigenvalue weighted by Crippen LogP contribution is 2.22. The van der Waals surface area contributed by atoms with Gasteiger partial charge in [0.1, 0.15) is 5.69 Å². The lowest BCUT2D eigenvalue weighted by molar-refractivity contribution is -0.137. The van der Waals surface area contributed by atoms with Crippen molar-refractivity contribution in [3.8, 4) is 0 Å². The molecule has 6 nitrogen and oxygen atoms in total. The van der Waals surface area contributed by atoms with Crippen LogP contribution in [0.4, 0.5) is 0 Å². The molecule has 6 heteroatoms. The number of piperidine rings is 1. The molecule has 2 heterocycles. The van der Waals surface area contributed by atoms with Gasteiger partial charge in [-0.2, -0.15) is 5.10 Å². The molecule has 2 rings (SSSR count). The average Bonchev–Trinajstić information content (AvgIpc) is 2.83. The van der Waals surface area contributed by atoms with Crippen LogP contribution in [-0.4, -0.2) is 44.8 Å². The van der Waals surface area contributed by atoms with E-state index in [1.54, 1.807) is 28.9 Å². The molecule has 0 saturated carbocycles. The third kappa shape index (κ3) is 3.56. The maximum atomic E-state index is 12.1. The average molecular weight is 265 g/mol. The van der Waals surface area contributed by atoms with E-state index in [1.165, 1.54) is 0 Å². The summed E-state index contributed by atoms with van der Waals surface area (Å²) in [6, 6.07) is 1.72. The van der Waals surface area contributed by atoms with Gasteiger partial charge in [-0.1, -0.05) is 0 Å². The van der Waals surface area contributed by atoms with Gasteiger partial charge in [0.25, 0.3) is 5.91 Å². The summed E-state index contributed by atoms with van der Waals surface area (Å²) in [5, 5.41) is 12.8. The van der Waals surface area contributed by atoms with E-state index >= 15 is 0 Å². The number of aromatic nitrogens is 2. The van der Waals surface area contributed by atoms with Crippen molar-refractivity contribution in [1.29, 1.82) is 0 Å². The van der Waals surface area contributed by atoms with Crippen molar-refractivity contribution in [1.82, 2.24) is 14.7 Å². The summed E-state index contributed by atoms with van der Waals surface area (Å²) >= 11 is 0. The SMILES string of the molecule is Cn1ccc(C(=O)N2CCC(CCC(=O)O)CC2)n1. The van der Waals surface area contributed by atoms with Gasteiger partial charge in [0.05, 0.1) is 0 Å². The highest BCUT2D eigenvalue weighted by molar-refractivity contribution is 5.92. The third-order valence-corrected chi connectivity index (χ3v) is 3.60. The highest BCUT2D eigenvalue weighted by atomic mass is 16.4. The minimum absolute atomic E-state index is 0.0303. The third-order valence-electron chi connectivity index (χ3n) is 3.60. The summed E-state index contributed by atoms with van der Waals surface area (Å²) in [6.07, 6.45) is 4.45. The van der Waals surface area contributed by atoms with Crippen LogP contribution in [0.25, 0.3) is 0 Å². The molecule has 0 spiro atoms. The number of carboxylic acid groups (broad SMARTS) is 1. The molecule has 1 saturated heterocycles. The maximum Gasteiger partial charge on any atom is 0.303 e. The molecule has 104 valence electrons. The van der Waals surface area contributed by atoms with Crippen LogP contribution in [0.5, 0.6) is 0 Å². The van der Waals surface area contributed by atoms with Gasteiger partial charge in [-0.25, -0.2) is 0 Å². The summed E-state index contributed by atoms with van der Waals surface area (Å²) in [6.45, 7) is 1.39. The first-order valence-electron chi connectivity index (χ1n) is 6.57. The number of aryl methyl sites for hydroxylation is 1. The Balaban J connectivity index is 1.83. The monoisotopic (exact) mass is 265 g/mol. The van der Waals surface area contributed by atoms with Crippen LogP contribution >= 0.6 is 0 Å². The number of rotatable bonds is 4. The number of hydrogen-bond donors (Lipinski definition) is 1. The molecule has 1 aromatic rings. The molecule has 19 heavy (non-hydrogen) atoms. The second kappa shape index (κ2) is 5.86. The Labute approximate surface area is 112 Å². The van der Waals surface area contributed by atoms with E-state index in [2.05, 4.69) is 5.10 Å². The van der Waals surface area contributed by atoms with Gasteiger partial charge in [-0.05, 0) is 31.2 Å². The Bertz CT molecular complexity index is 461. The number of carbonyl (C=O) groups is 2. The molecule has 0 aromatic carbocycles. The first kappa shape index (κ1) is 13.6. The summed E-state index contributed by atoms with van der Waals surface area (Å²) in [5.74, 6) is -0.354. The van der Waals surface area contributed by atoms with Gasteiger partial charge >= 0.3 is 5.97 Å². The van der Waals surface area contributed by atoms with Crippen molar-refractivity contribution < 1.29 is 14.7 Å². The zero-order chi connectivity index (χ0) is 13.8. The number of carbonyl (C=O) groups excluding carboxylic acids is 1. The largest absolute Gasteiger partial charge is 0.481 e. The van der Waals surface area contributed by atoms with Crippen LogP contribution in [0.2, 0.25) is 0 Å². The lowest BCUT2D eigenvalue weighted by Gasteiger charge is -2.31. The normalized spacial score (nSPS) is 16.6.